The van der Waals surface area contributed by atoms with Crippen LogP contribution in [0.5, 0.6) is 0 Å². The molecule has 0 N–H and O–H groups in total. The van der Waals surface area contributed by atoms with E-state index >= 15 is 0 Å². The second kappa shape index (κ2) is 8.78. The predicted octanol–water partition coefficient (Wildman–Crippen LogP) is 5.13. The quantitative estimate of drug-likeness (QED) is 0.472. The third-order valence-electron chi connectivity index (χ3n) is 3.35. The van der Waals surface area contributed by atoms with Crippen molar-refractivity contribution in [2.45, 2.75) is 85.5 Å². The van der Waals surface area contributed by atoms with Crippen molar-refractivity contribution in [1.82, 2.24) is 0 Å². The van der Waals surface area contributed by atoms with Gasteiger partial charge in [0.1, 0.15) is 5.78 Å². The third kappa shape index (κ3) is 8.94. The van der Waals surface area contributed by atoms with E-state index in [1.165, 1.54) is 32.1 Å². The number of carbonyl (C=O) groups is 1. The van der Waals surface area contributed by atoms with Gasteiger partial charge in [-0.2, -0.15) is 0 Å². The van der Waals surface area contributed by atoms with Crippen LogP contribution in [0, 0.1) is 5.41 Å². The van der Waals surface area contributed by atoms with E-state index in [-0.39, 0.29) is 0 Å². The molecule has 0 unspecified atom stereocenters. The molecule has 0 atom stereocenters. The molecule has 16 heavy (non-hydrogen) atoms. The number of Topliss-reactive ketones (excluding diaryl/α,β-unsaturated/α-hetero) is 1. The van der Waals surface area contributed by atoms with E-state index in [1.54, 1.807) is 0 Å². The topological polar surface area (TPSA) is 17.1 Å². The molecule has 0 aromatic rings. The molecule has 0 amide bonds. The van der Waals surface area contributed by atoms with Gasteiger partial charge < -0.3 is 0 Å². The van der Waals surface area contributed by atoms with Crippen molar-refractivity contribution in [3.8, 4) is 0 Å². The van der Waals surface area contributed by atoms with Gasteiger partial charge in [-0.25, -0.2) is 0 Å². The molecule has 0 saturated heterocycles. The molecule has 1 nitrogen and oxygen atoms in total. The molecular weight excluding hydrogens is 196 g/mol. The molecule has 0 heterocycles. The van der Waals surface area contributed by atoms with Crippen molar-refractivity contribution in [1.29, 1.82) is 0 Å². The largest absolute Gasteiger partial charge is 0.300 e. The lowest BCUT2D eigenvalue weighted by molar-refractivity contribution is -0.119. The molecule has 0 spiro atoms. The predicted molar refractivity (Wildman–Crippen MR) is 71.7 cm³/mol. The molecule has 0 aliphatic heterocycles. The molecule has 0 aliphatic carbocycles. The van der Waals surface area contributed by atoms with Crippen molar-refractivity contribution >= 4 is 5.78 Å². The average Bonchev–Trinajstić information content (AvgIpc) is 2.24. The van der Waals surface area contributed by atoms with Crippen LogP contribution in [0.15, 0.2) is 0 Å². The van der Waals surface area contributed by atoms with E-state index < -0.39 is 0 Å². The molecular formula is C15H30O. The molecule has 0 radical (unpaired) electrons. The van der Waals surface area contributed by atoms with E-state index in [2.05, 4.69) is 27.7 Å². The summed E-state index contributed by atoms with van der Waals surface area (Å²) in [6.45, 7) is 8.99. The van der Waals surface area contributed by atoms with Crippen LogP contribution >= 0.6 is 0 Å². The summed E-state index contributed by atoms with van der Waals surface area (Å²) in [4.78, 5) is 11.6. The Labute approximate surface area is 102 Å². The van der Waals surface area contributed by atoms with Crippen LogP contribution in [0.2, 0.25) is 0 Å². The molecule has 0 saturated carbocycles. The van der Waals surface area contributed by atoms with Crippen LogP contribution in [-0.2, 0) is 4.79 Å². The Kier molecular flexibility index (Phi) is 8.60. The van der Waals surface area contributed by atoms with E-state index in [4.69, 9.17) is 0 Å². The normalized spacial score (nSPS) is 11.8. The van der Waals surface area contributed by atoms with Crippen molar-refractivity contribution < 1.29 is 4.79 Å². The highest BCUT2D eigenvalue weighted by molar-refractivity contribution is 5.78. The van der Waals surface area contributed by atoms with Gasteiger partial charge in [0.25, 0.3) is 0 Å². The first-order valence-corrected chi connectivity index (χ1v) is 7.03. The Bertz CT molecular complexity index is 182. The van der Waals surface area contributed by atoms with Crippen molar-refractivity contribution in [2.24, 2.45) is 5.41 Å². The van der Waals surface area contributed by atoms with Crippen molar-refractivity contribution in [3.05, 3.63) is 0 Å². The molecule has 0 aromatic heterocycles. The lowest BCUT2D eigenvalue weighted by Crippen LogP contribution is -2.13. The zero-order valence-electron chi connectivity index (χ0n) is 11.8. The van der Waals surface area contributed by atoms with Gasteiger partial charge in [0, 0.05) is 12.8 Å². The molecule has 0 aromatic carbocycles. The summed E-state index contributed by atoms with van der Waals surface area (Å²) in [7, 11) is 0. The van der Waals surface area contributed by atoms with Crippen LogP contribution in [-0.4, -0.2) is 5.78 Å². The van der Waals surface area contributed by atoms with Gasteiger partial charge >= 0.3 is 0 Å². The maximum atomic E-state index is 11.6. The second-order valence-corrected chi connectivity index (χ2v) is 5.76. The number of carbonyl (C=O) groups excluding carboxylic acids is 1. The SMILES string of the molecule is CCCCCC(=O)CCC(C)(C)CCCC. The molecule has 0 aliphatic rings. The van der Waals surface area contributed by atoms with E-state index in [0.29, 0.717) is 11.2 Å². The van der Waals surface area contributed by atoms with Gasteiger partial charge in [-0.05, 0) is 24.7 Å². The Morgan fingerprint density at radius 1 is 0.875 bits per heavy atom. The minimum absolute atomic E-state index is 0.358. The van der Waals surface area contributed by atoms with Crippen LogP contribution < -0.4 is 0 Å². The van der Waals surface area contributed by atoms with E-state index in [1.807, 2.05) is 0 Å². The summed E-state index contributed by atoms with van der Waals surface area (Å²) in [5.41, 5.74) is 0.358. The van der Waals surface area contributed by atoms with Crippen LogP contribution in [0.25, 0.3) is 0 Å². The third-order valence-corrected chi connectivity index (χ3v) is 3.35. The highest BCUT2D eigenvalue weighted by atomic mass is 16.1. The number of ketones is 1. The highest BCUT2D eigenvalue weighted by Crippen LogP contribution is 2.29. The monoisotopic (exact) mass is 226 g/mol. The summed E-state index contributed by atoms with van der Waals surface area (Å²) in [6, 6.07) is 0. The number of rotatable bonds is 10. The number of hydrogen-bond donors (Lipinski definition) is 0. The van der Waals surface area contributed by atoms with Gasteiger partial charge in [-0.3, -0.25) is 4.79 Å². The van der Waals surface area contributed by atoms with Gasteiger partial charge in [0.2, 0.25) is 0 Å². The fraction of sp³-hybridized carbons (Fsp3) is 0.933. The average molecular weight is 226 g/mol. The molecule has 96 valence electrons. The van der Waals surface area contributed by atoms with E-state index in [0.717, 1.165) is 25.7 Å². The maximum Gasteiger partial charge on any atom is 0.132 e. The lowest BCUT2D eigenvalue weighted by atomic mass is 9.82. The van der Waals surface area contributed by atoms with Gasteiger partial charge in [-0.1, -0.05) is 53.4 Å². The molecule has 0 bridgehead atoms. The molecule has 1 heteroatoms. The first kappa shape index (κ1) is 15.7. The number of unbranched alkanes of at least 4 members (excludes halogenated alkanes) is 3. The fourth-order valence-electron chi connectivity index (χ4n) is 1.96. The minimum atomic E-state index is 0.358. The van der Waals surface area contributed by atoms with Crippen LogP contribution in [0.3, 0.4) is 0 Å². The van der Waals surface area contributed by atoms with E-state index in [9.17, 15) is 4.79 Å². The Hall–Kier alpha value is -0.330. The smallest absolute Gasteiger partial charge is 0.132 e. The lowest BCUT2D eigenvalue weighted by Gasteiger charge is -2.23. The summed E-state index contributed by atoms with van der Waals surface area (Å²) in [6.07, 6.45) is 9.96. The molecule has 0 fully saturated rings. The summed E-state index contributed by atoms with van der Waals surface area (Å²) in [5, 5.41) is 0. The fourth-order valence-corrected chi connectivity index (χ4v) is 1.96. The van der Waals surface area contributed by atoms with Gasteiger partial charge in [0.05, 0.1) is 0 Å². The first-order valence-electron chi connectivity index (χ1n) is 7.03. The Morgan fingerprint density at radius 3 is 2.06 bits per heavy atom. The minimum Gasteiger partial charge on any atom is -0.300 e. The maximum absolute atomic E-state index is 11.6. The van der Waals surface area contributed by atoms with Crippen LogP contribution in [0.4, 0.5) is 0 Å². The van der Waals surface area contributed by atoms with Gasteiger partial charge in [-0.15, -0.1) is 0 Å². The molecule has 0 rings (SSSR count). The number of hydrogen-bond acceptors (Lipinski definition) is 1. The highest BCUT2D eigenvalue weighted by Gasteiger charge is 2.18. The summed E-state index contributed by atoms with van der Waals surface area (Å²) >= 11 is 0. The van der Waals surface area contributed by atoms with Crippen LogP contribution in [0.1, 0.15) is 85.5 Å². The Morgan fingerprint density at radius 2 is 1.50 bits per heavy atom. The van der Waals surface area contributed by atoms with Gasteiger partial charge in [0.15, 0.2) is 0 Å². The van der Waals surface area contributed by atoms with Crippen molar-refractivity contribution in [3.63, 3.8) is 0 Å². The second-order valence-electron chi connectivity index (χ2n) is 5.76. The zero-order valence-corrected chi connectivity index (χ0v) is 11.8. The first-order chi connectivity index (χ1) is 7.52. The summed E-state index contributed by atoms with van der Waals surface area (Å²) < 4.78 is 0. The zero-order chi connectivity index (χ0) is 12.4. The Balaban J connectivity index is 3.64. The van der Waals surface area contributed by atoms with Crippen molar-refractivity contribution in [2.75, 3.05) is 0 Å². The standard InChI is InChI=1S/C15H30O/c1-5-7-9-10-14(16)11-13-15(3,4)12-8-6-2/h5-13H2,1-4H3. The summed E-state index contributed by atoms with van der Waals surface area (Å²) in [5.74, 6) is 0.470.